The van der Waals surface area contributed by atoms with Crippen LogP contribution in [0, 0.1) is 21.4 Å². The Bertz CT molecular complexity index is 542. The molecule has 6 nitrogen and oxygen atoms in total. The zero-order chi connectivity index (χ0) is 13.2. The fourth-order valence-electron chi connectivity index (χ4n) is 1.11. The third-order valence-corrected chi connectivity index (χ3v) is 1.92. The van der Waals surface area contributed by atoms with Gasteiger partial charge in [-0.1, -0.05) is 0 Å². The van der Waals surface area contributed by atoms with Gasteiger partial charge < -0.3 is 0 Å². The summed E-state index contributed by atoms with van der Waals surface area (Å²) in [5.74, 6) is 0. The Morgan fingerprint density at radius 1 is 1.65 bits per heavy atom. The van der Waals surface area contributed by atoms with Crippen LogP contribution in [0.25, 0.3) is 0 Å². The summed E-state index contributed by atoms with van der Waals surface area (Å²) in [5.41, 5.74) is -3.76. The number of rotatable bonds is 3. The number of aromatic nitrogens is 1. The summed E-state index contributed by atoms with van der Waals surface area (Å²) in [6, 6.07) is 1.95. The first kappa shape index (κ1) is 12.9. The molecule has 0 aliphatic rings. The molecule has 0 aliphatic heterocycles. The molecule has 88 valence electrons. The fraction of sp³-hybridized carbons (Fsp3) is 0.125. The number of pyridine rings is 1. The van der Waals surface area contributed by atoms with Gasteiger partial charge in [-0.05, 0) is 17.7 Å². The van der Waals surface area contributed by atoms with Crippen LogP contribution in [0.1, 0.15) is 28.2 Å². The fourth-order valence-corrected chi connectivity index (χ4v) is 1.24. The summed E-state index contributed by atoms with van der Waals surface area (Å²) >= 11 is 5.00. The van der Waals surface area contributed by atoms with Crippen molar-refractivity contribution in [3.8, 4) is 6.07 Å². The Morgan fingerprint density at radius 3 is 2.59 bits per heavy atom. The van der Waals surface area contributed by atoms with E-state index >= 15 is 0 Å². The van der Waals surface area contributed by atoms with Crippen molar-refractivity contribution in [2.24, 2.45) is 0 Å². The van der Waals surface area contributed by atoms with Crippen LogP contribution >= 0.6 is 11.6 Å². The molecule has 0 N–H and O–H groups in total. The highest BCUT2D eigenvalue weighted by Crippen LogP contribution is 2.32. The second-order valence-corrected chi connectivity index (χ2v) is 3.08. The summed E-state index contributed by atoms with van der Waals surface area (Å²) in [6.45, 7) is 0. The summed E-state index contributed by atoms with van der Waals surface area (Å²) in [4.78, 5) is 23.5. The Labute approximate surface area is 97.6 Å². The summed E-state index contributed by atoms with van der Waals surface area (Å²) in [6.07, 6.45) is -3.22. The quantitative estimate of drug-likeness (QED) is 0.472. The van der Waals surface area contributed by atoms with Gasteiger partial charge in [0.05, 0.1) is 4.92 Å². The zero-order valence-electron chi connectivity index (χ0n) is 7.85. The molecule has 0 radical (unpaired) electrons. The predicted molar refractivity (Wildman–Crippen MR) is 50.7 cm³/mol. The first-order chi connectivity index (χ1) is 7.88. The van der Waals surface area contributed by atoms with Gasteiger partial charge in [0.25, 0.3) is 11.7 Å². The van der Waals surface area contributed by atoms with E-state index < -0.39 is 39.2 Å². The molecule has 17 heavy (non-hydrogen) atoms. The highest BCUT2D eigenvalue weighted by Gasteiger charge is 2.31. The lowest BCUT2D eigenvalue weighted by atomic mass is 10.1. The molecule has 0 saturated carbocycles. The summed E-state index contributed by atoms with van der Waals surface area (Å²) < 4.78 is 25.1. The second-order valence-electron chi connectivity index (χ2n) is 2.74. The van der Waals surface area contributed by atoms with E-state index in [1.54, 1.807) is 0 Å². The number of carbonyl (C=O) groups excluding carboxylic acids is 1. The zero-order valence-corrected chi connectivity index (χ0v) is 8.61. The maximum absolute atomic E-state index is 12.6. The number of hydrogen-bond acceptors (Lipinski definition) is 5. The van der Waals surface area contributed by atoms with Gasteiger partial charge in [-0.2, -0.15) is 5.26 Å². The SMILES string of the molecule is N#Cc1cc(C(F)F)c([N+](=O)[O-])c(C(=O)Cl)n1. The van der Waals surface area contributed by atoms with Crippen LogP contribution in [0.15, 0.2) is 6.07 Å². The van der Waals surface area contributed by atoms with Crippen LogP contribution in [0.2, 0.25) is 0 Å². The normalized spacial score (nSPS) is 10.1. The predicted octanol–water partition coefficient (Wildman–Crippen LogP) is 2.18. The maximum Gasteiger partial charge on any atom is 0.308 e. The van der Waals surface area contributed by atoms with Crippen LogP contribution in [-0.4, -0.2) is 15.1 Å². The number of halogens is 3. The summed E-state index contributed by atoms with van der Waals surface area (Å²) in [7, 11) is 0. The molecule has 0 spiro atoms. The van der Waals surface area contributed by atoms with Gasteiger partial charge in [-0.3, -0.25) is 14.9 Å². The van der Waals surface area contributed by atoms with Gasteiger partial charge >= 0.3 is 5.69 Å². The topological polar surface area (TPSA) is 96.9 Å². The molecule has 1 heterocycles. The van der Waals surface area contributed by atoms with Gasteiger partial charge in [0.15, 0.2) is 0 Å². The number of nitro groups is 1. The molecule has 1 rings (SSSR count). The van der Waals surface area contributed by atoms with Crippen LogP contribution in [0.3, 0.4) is 0 Å². The summed E-state index contributed by atoms with van der Waals surface area (Å²) in [5, 5.41) is 17.7. The van der Waals surface area contributed by atoms with Crippen LogP contribution < -0.4 is 0 Å². The molecule has 1 aromatic heterocycles. The number of alkyl halides is 2. The third kappa shape index (κ3) is 2.51. The van der Waals surface area contributed by atoms with E-state index in [-0.39, 0.29) is 0 Å². The van der Waals surface area contributed by atoms with Crippen molar-refractivity contribution in [1.29, 1.82) is 5.26 Å². The molecule has 0 aliphatic carbocycles. The highest BCUT2D eigenvalue weighted by molar-refractivity contribution is 6.67. The number of nitrogens with zero attached hydrogens (tertiary/aromatic N) is 3. The molecule has 9 heteroatoms. The van der Waals surface area contributed by atoms with Crippen molar-refractivity contribution >= 4 is 22.5 Å². The molecule has 1 aromatic rings. The molecule has 0 aromatic carbocycles. The first-order valence-corrected chi connectivity index (χ1v) is 4.33. The van der Waals surface area contributed by atoms with Crippen molar-refractivity contribution in [1.82, 2.24) is 4.98 Å². The van der Waals surface area contributed by atoms with Crippen LogP contribution in [-0.2, 0) is 0 Å². The van der Waals surface area contributed by atoms with Crippen molar-refractivity contribution in [2.75, 3.05) is 0 Å². The minimum absolute atomic E-state index is 0.546. The minimum atomic E-state index is -3.22. The molecule has 0 saturated heterocycles. The Morgan fingerprint density at radius 2 is 2.24 bits per heavy atom. The number of carbonyl (C=O) groups is 1. The number of hydrogen-bond donors (Lipinski definition) is 0. The van der Waals surface area contributed by atoms with Gasteiger partial charge in [-0.25, -0.2) is 13.8 Å². The van der Waals surface area contributed by atoms with Gasteiger partial charge in [0, 0.05) is 0 Å². The molecular formula is C8H2ClF2N3O3. The monoisotopic (exact) mass is 261 g/mol. The average Bonchev–Trinajstić information content (AvgIpc) is 2.26. The van der Waals surface area contributed by atoms with Crippen molar-refractivity contribution < 1.29 is 18.5 Å². The van der Waals surface area contributed by atoms with Crippen LogP contribution in [0.5, 0.6) is 0 Å². The lowest BCUT2D eigenvalue weighted by Crippen LogP contribution is -2.07. The molecule has 0 unspecified atom stereocenters. The van der Waals surface area contributed by atoms with Crippen molar-refractivity contribution in [2.45, 2.75) is 6.43 Å². The lowest BCUT2D eigenvalue weighted by Gasteiger charge is -2.04. The van der Waals surface area contributed by atoms with E-state index in [9.17, 15) is 23.7 Å². The third-order valence-electron chi connectivity index (χ3n) is 1.74. The van der Waals surface area contributed by atoms with Crippen molar-refractivity contribution in [3.63, 3.8) is 0 Å². The van der Waals surface area contributed by atoms with E-state index in [1.807, 2.05) is 0 Å². The largest absolute Gasteiger partial charge is 0.308 e. The van der Waals surface area contributed by atoms with E-state index in [0.29, 0.717) is 6.07 Å². The molecular weight excluding hydrogens is 260 g/mol. The smallest absolute Gasteiger partial charge is 0.274 e. The van der Waals surface area contributed by atoms with Gasteiger partial charge in [-0.15, -0.1) is 0 Å². The highest BCUT2D eigenvalue weighted by atomic mass is 35.5. The van der Waals surface area contributed by atoms with Crippen LogP contribution in [0.4, 0.5) is 14.5 Å². The first-order valence-electron chi connectivity index (χ1n) is 3.96. The maximum atomic E-state index is 12.6. The van der Waals surface area contributed by atoms with E-state index in [0.717, 1.165) is 0 Å². The standard InChI is InChI=1S/C8H2ClF2N3O3/c9-7(15)5-6(14(16)17)4(8(10)11)1-3(2-12)13-5/h1,8H. The van der Waals surface area contributed by atoms with Gasteiger partial charge in [0.2, 0.25) is 5.69 Å². The molecule has 0 fully saturated rings. The average molecular weight is 262 g/mol. The van der Waals surface area contributed by atoms with E-state index in [4.69, 9.17) is 16.9 Å². The van der Waals surface area contributed by atoms with E-state index in [1.165, 1.54) is 6.07 Å². The number of nitriles is 1. The lowest BCUT2D eigenvalue weighted by molar-refractivity contribution is -0.386. The van der Waals surface area contributed by atoms with E-state index in [2.05, 4.69) is 4.98 Å². The molecule has 0 bridgehead atoms. The van der Waals surface area contributed by atoms with Gasteiger partial charge in [0.1, 0.15) is 17.3 Å². The minimum Gasteiger partial charge on any atom is -0.274 e. The second kappa shape index (κ2) is 4.80. The Kier molecular flexibility index (Phi) is 3.65. The molecule has 0 amide bonds. The Hall–Kier alpha value is -2.14. The Balaban J connectivity index is 3.69. The molecule has 0 atom stereocenters. The van der Waals surface area contributed by atoms with Crippen molar-refractivity contribution in [3.05, 3.63) is 33.1 Å².